The molecule has 0 fully saturated rings. The second kappa shape index (κ2) is 7.93. The van der Waals surface area contributed by atoms with Crippen LogP contribution in [0.3, 0.4) is 0 Å². The molecule has 0 rings (SSSR count). The van der Waals surface area contributed by atoms with Crippen LogP contribution < -0.4 is 0 Å². The van der Waals surface area contributed by atoms with Gasteiger partial charge in [0, 0.05) is 6.04 Å². The molecule has 0 bridgehead atoms. The molecule has 0 heterocycles. The molecule has 0 unspecified atom stereocenters. The van der Waals surface area contributed by atoms with Crippen LogP contribution in [0.5, 0.6) is 0 Å². The van der Waals surface area contributed by atoms with E-state index >= 15 is 0 Å². The van der Waals surface area contributed by atoms with E-state index in [0.29, 0.717) is 6.04 Å². The van der Waals surface area contributed by atoms with Gasteiger partial charge in [0.2, 0.25) is 0 Å². The number of thiol groups is 1. The van der Waals surface area contributed by atoms with E-state index in [1.807, 2.05) is 0 Å². The second-order valence-electron chi connectivity index (χ2n) is 3.71. The minimum atomic E-state index is 0.690. The molecule has 0 spiro atoms. The third kappa shape index (κ3) is 6.99. The van der Waals surface area contributed by atoms with E-state index in [1.165, 1.54) is 32.2 Å². The minimum absolute atomic E-state index is 0.690. The molecule has 0 atom stereocenters. The van der Waals surface area contributed by atoms with Crippen LogP contribution in [0.15, 0.2) is 0 Å². The van der Waals surface area contributed by atoms with Gasteiger partial charge in [-0.3, -0.25) is 0 Å². The summed E-state index contributed by atoms with van der Waals surface area (Å²) in [6.07, 6.45) is 5.31. The highest BCUT2D eigenvalue weighted by Crippen LogP contribution is 2.03. The van der Waals surface area contributed by atoms with Crippen LogP contribution in [-0.4, -0.2) is 30.3 Å². The van der Waals surface area contributed by atoms with Crippen LogP contribution in [-0.2, 0) is 0 Å². The summed E-state index contributed by atoms with van der Waals surface area (Å²) in [4.78, 5) is 2.40. The molecule has 0 radical (unpaired) electrons. The van der Waals surface area contributed by atoms with E-state index in [0.717, 1.165) is 5.75 Å². The lowest BCUT2D eigenvalue weighted by Gasteiger charge is -2.20. The summed E-state index contributed by atoms with van der Waals surface area (Å²) in [5.41, 5.74) is 0. The number of hydrogen-bond donors (Lipinski definition) is 1. The molecule has 0 amide bonds. The van der Waals surface area contributed by atoms with Gasteiger partial charge in [-0.15, -0.1) is 0 Å². The van der Waals surface area contributed by atoms with Crippen LogP contribution in [0.25, 0.3) is 0 Å². The van der Waals surface area contributed by atoms with Crippen LogP contribution in [0, 0.1) is 0 Å². The maximum Gasteiger partial charge on any atom is 0.00355 e. The minimum Gasteiger partial charge on any atom is -0.304 e. The number of unbranched alkanes of at least 4 members (excludes halogenated alkanes) is 3. The zero-order valence-electron chi connectivity index (χ0n) is 8.71. The molecule has 0 aliphatic rings. The molecule has 2 heteroatoms. The fourth-order valence-electron chi connectivity index (χ4n) is 1.08. The average molecular weight is 189 g/mol. The molecule has 0 aromatic rings. The van der Waals surface area contributed by atoms with Gasteiger partial charge in [-0.2, -0.15) is 12.6 Å². The lowest BCUT2D eigenvalue weighted by molar-refractivity contribution is 0.267. The van der Waals surface area contributed by atoms with Gasteiger partial charge in [-0.25, -0.2) is 0 Å². The van der Waals surface area contributed by atoms with Crippen LogP contribution in [0.2, 0.25) is 0 Å². The van der Waals surface area contributed by atoms with Gasteiger partial charge in [0.1, 0.15) is 0 Å². The van der Waals surface area contributed by atoms with Gasteiger partial charge < -0.3 is 4.90 Å². The molecule has 0 saturated heterocycles. The van der Waals surface area contributed by atoms with E-state index < -0.39 is 0 Å². The average Bonchev–Trinajstić information content (AvgIpc) is 2.03. The first-order valence-corrected chi connectivity index (χ1v) is 5.63. The Balaban J connectivity index is 3.08. The Morgan fingerprint density at radius 1 is 1.08 bits per heavy atom. The van der Waals surface area contributed by atoms with Crippen molar-refractivity contribution in [2.45, 2.75) is 45.6 Å². The number of nitrogens with zero attached hydrogens (tertiary/aromatic N) is 1. The van der Waals surface area contributed by atoms with E-state index in [4.69, 9.17) is 0 Å². The smallest absolute Gasteiger partial charge is 0.00355 e. The normalized spacial score (nSPS) is 11.5. The summed E-state index contributed by atoms with van der Waals surface area (Å²) in [7, 11) is 2.20. The fraction of sp³-hybridized carbons (Fsp3) is 1.00. The highest BCUT2D eigenvalue weighted by molar-refractivity contribution is 7.80. The zero-order valence-corrected chi connectivity index (χ0v) is 9.61. The lowest BCUT2D eigenvalue weighted by Crippen LogP contribution is -2.27. The van der Waals surface area contributed by atoms with Crippen molar-refractivity contribution in [3.63, 3.8) is 0 Å². The monoisotopic (exact) mass is 189 g/mol. The Morgan fingerprint density at radius 3 is 2.17 bits per heavy atom. The van der Waals surface area contributed by atoms with Crippen molar-refractivity contribution in [1.29, 1.82) is 0 Å². The molecule has 74 valence electrons. The Bertz CT molecular complexity index is 93.8. The predicted molar refractivity (Wildman–Crippen MR) is 60.1 cm³/mol. The first-order valence-electron chi connectivity index (χ1n) is 4.99. The Hall–Kier alpha value is 0.310. The molecule has 0 N–H and O–H groups in total. The van der Waals surface area contributed by atoms with Crippen molar-refractivity contribution in [3.05, 3.63) is 0 Å². The van der Waals surface area contributed by atoms with E-state index in [2.05, 4.69) is 38.4 Å². The van der Waals surface area contributed by atoms with Crippen LogP contribution in [0.4, 0.5) is 0 Å². The fourth-order valence-corrected chi connectivity index (χ4v) is 1.31. The Labute approximate surface area is 82.9 Å². The van der Waals surface area contributed by atoms with Crippen LogP contribution in [0.1, 0.15) is 39.5 Å². The maximum absolute atomic E-state index is 4.19. The van der Waals surface area contributed by atoms with Gasteiger partial charge >= 0.3 is 0 Å². The molecule has 0 aromatic heterocycles. The number of rotatable bonds is 7. The Kier molecular flexibility index (Phi) is 8.14. The summed E-state index contributed by atoms with van der Waals surface area (Å²) in [5.74, 6) is 1.04. The topological polar surface area (TPSA) is 3.24 Å². The zero-order chi connectivity index (χ0) is 9.40. The summed E-state index contributed by atoms with van der Waals surface area (Å²) in [6, 6.07) is 0.690. The van der Waals surface area contributed by atoms with Crippen molar-refractivity contribution in [2.24, 2.45) is 0 Å². The van der Waals surface area contributed by atoms with E-state index in [9.17, 15) is 0 Å². The van der Waals surface area contributed by atoms with Gasteiger partial charge in [-0.1, -0.05) is 12.8 Å². The lowest BCUT2D eigenvalue weighted by atomic mass is 10.2. The molecule has 12 heavy (non-hydrogen) atoms. The van der Waals surface area contributed by atoms with Crippen LogP contribution >= 0.6 is 12.6 Å². The van der Waals surface area contributed by atoms with Gasteiger partial charge in [-0.05, 0) is 46.0 Å². The highest BCUT2D eigenvalue weighted by atomic mass is 32.1. The maximum atomic E-state index is 4.19. The SMILES string of the molecule is CC(C)N(C)CCCCCCS. The molecule has 0 aliphatic heterocycles. The summed E-state index contributed by atoms with van der Waals surface area (Å²) < 4.78 is 0. The van der Waals surface area contributed by atoms with Crippen molar-refractivity contribution in [3.8, 4) is 0 Å². The third-order valence-electron chi connectivity index (χ3n) is 2.30. The molecule has 0 saturated carbocycles. The largest absolute Gasteiger partial charge is 0.304 e. The predicted octanol–water partition coefficient (Wildman–Crippen LogP) is 2.82. The molecular formula is C10H23NS. The van der Waals surface area contributed by atoms with Crippen molar-refractivity contribution in [1.82, 2.24) is 4.90 Å². The van der Waals surface area contributed by atoms with Crippen molar-refractivity contribution < 1.29 is 0 Å². The standard InChI is InChI=1S/C10H23NS/c1-10(2)11(3)8-6-4-5-7-9-12/h10,12H,4-9H2,1-3H3. The third-order valence-corrected chi connectivity index (χ3v) is 2.62. The van der Waals surface area contributed by atoms with Crippen molar-refractivity contribution >= 4 is 12.6 Å². The Morgan fingerprint density at radius 2 is 1.67 bits per heavy atom. The molecule has 0 aliphatic carbocycles. The first-order chi connectivity index (χ1) is 5.68. The van der Waals surface area contributed by atoms with E-state index in [1.54, 1.807) is 0 Å². The van der Waals surface area contributed by atoms with Crippen molar-refractivity contribution in [2.75, 3.05) is 19.3 Å². The highest BCUT2D eigenvalue weighted by Gasteiger charge is 2.00. The summed E-state index contributed by atoms with van der Waals surface area (Å²) >= 11 is 4.19. The van der Waals surface area contributed by atoms with Gasteiger partial charge in [0.05, 0.1) is 0 Å². The summed E-state index contributed by atoms with van der Waals surface area (Å²) in [6.45, 7) is 5.73. The van der Waals surface area contributed by atoms with Gasteiger partial charge in [0.15, 0.2) is 0 Å². The molecular weight excluding hydrogens is 166 g/mol. The molecule has 0 aromatic carbocycles. The first kappa shape index (κ1) is 12.3. The van der Waals surface area contributed by atoms with Gasteiger partial charge in [0.25, 0.3) is 0 Å². The quantitative estimate of drug-likeness (QED) is 0.476. The second-order valence-corrected chi connectivity index (χ2v) is 4.16. The number of hydrogen-bond acceptors (Lipinski definition) is 2. The molecule has 1 nitrogen and oxygen atoms in total. The summed E-state index contributed by atoms with van der Waals surface area (Å²) in [5, 5.41) is 0. The van der Waals surface area contributed by atoms with E-state index in [-0.39, 0.29) is 0 Å².